The van der Waals surface area contributed by atoms with Gasteiger partial charge in [-0.25, -0.2) is 17.5 Å². The molecule has 0 aliphatic heterocycles. The number of nitrogens with one attached hydrogen (secondary N) is 2. The molecule has 9 heteroatoms. The lowest BCUT2D eigenvalue weighted by Crippen LogP contribution is -2.24. The van der Waals surface area contributed by atoms with E-state index in [4.69, 9.17) is 4.42 Å². The molecule has 0 atom stereocenters. The zero-order valence-electron chi connectivity index (χ0n) is 15.6. The molecule has 1 saturated carbocycles. The van der Waals surface area contributed by atoms with E-state index in [0.717, 1.165) is 19.3 Å². The predicted octanol–water partition coefficient (Wildman–Crippen LogP) is 3.57. The summed E-state index contributed by atoms with van der Waals surface area (Å²) < 4.78 is 47.7. The van der Waals surface area contributed by atoms with E-state index < -0.39 is 15.8 Å². The monoisotopic (exact) mass is 404 g/mol. The maximum atomic E-state index is 13.8. The number of hydrogen-bond acceptors (Lipinski definition) is 5. The molecule has 0 unspecified atom stereocenters. The highest BCUT2D eigenvalue weighted by Gasteiger charge is 2.29. The highest BCUT2D eigenvalue weighted by Crippen LogP contribution is 2.37. The van der Waals surface area contributed by atoms with Crippen molar-refractivity contribution in [2.24, 2.45) is 0 Å². The van der Waals surface area contributed by atoms with Gasteiger partial charge in [-0.2, -0.15) is 0 Å². The summed E-state index contributed by atoms with van der Waals surface area (Å²) >= 11 is 0. The summed E-state index contributed by atoms with van der Waals surface area (Å²) in [5.74, 6) is 0.707. The van der Waals surface area contributed by atoms with Crippen LogP contribution in [0.2, 0.25) is 0 Å². The van der Waals surface area contributed by atoms with Gasteiger partial charge in [0, 0.05) is 23.7 Å². The smallest absolute Gasteiger partial charge is 0.264 e. The zero-order chi connectivity index (χ0) is 19.9. The molecule has 0 spiro atoms. The molecule has 1 aliphatic carbocycles. The van der Waals surface area contributed by atoms with Gasteiger partial charge in [0.1, 0.15) is 16.4 Å². The normalized spacial score (nSPS) is 15.0. The first-order chi connectivity index (χ1) is 13.4. The maximum absolute atomic E-state index is 13.8. The maximum Gasteiger partial charge on any atom is 0.264 e. The van der Waals surface area contributed by atoms with Crippen molar-refractivity contribution >= 4 is 10.0 Å². The molecule has 1 aliphatic rings. The van der Waals surface area contributed by atoms with Crippen LogP contribution >= 0.6 is 0 Å². The second-order valence-corrected chi connectivity index (χ2v) is 8.77. The van der Waals surface area contributed by atoms with Crippen LogP contribution in [0, 0.1) is 19.7 Å². The Bertz CT molecular complexity index is 1120. The van der Waals surface area contributed by atoms with Gasteiger partial charge < -0.3 is 9.40 Å². The van der Waals surface area contributed by atoms with E-state index in [2.05, 4.69) is 19.9 Å². The molecular weight excluding hydrogens is 383 g/mol. The number of aromatic nitrogens is 3. The first-order valence-corrected chi connectivity index (χ1v) is 10.6. The van der Waals surface area contributed by atoms with E-state index in [9.17, 15) is 12.8 Å². The second-order valence-electron chi connectivity index (χ2n) is 7.07. The summed E-state index contributed by atoms with van der Waals surface area (Å²) in [5, 5.41) is 8.18. The second kappa shape index (κ2) is 7.14. The number of sulfonamides is 1. The summed E-state index contributed by atoms with van der Waals surface area (Å²) in [6, 6.07) is 6.06. The van der Waals surface area contributed by atoms with Crippen molar-refractivity contribution in [2.75, 3.05) is 0 Å². The molecule has 1 aromatic carbocycles. The van der Waals surface area contributed by atoms with Gasteiger partial charge in [-0.05, 0) is 38.3 Å². The largest absolute Gasteiger partial charge is 0.419 e. The zero-order valence-corrected chi connectivity index (χ0v) is 16.4. The van der Waals surface area contributed by atoms with Gasteiger partial charge in [0.05, 0.1) is 0 Å². The number of H-pyrrole nitrogens is 1. The fraction of sp³-hybridized carbons (Fsp3) is 0.368. The van der Waals surface area contributed by atoms with Gasteiger partial charge in [0.15, 0.2) is 0 Å². The molecule has 0 saturated heterocycles. The Hall–Kier alpha value is -2.52. The number of aryl methyl sites for hydroxylation is 1. The van der Waals surface area contributed by atoms with E-state index in [0.29, 0.717) is 28.8 Å². The Labute approximate surface area is 162 Å². The number of nitrogens with zero attached hydrogens (tertiary/aromatic N) is 2. The summed E-state index contributed by atoms with van der Waals surface area (Å²) in [4.78, 5) is 3.16. The molecule has 4 rings (SSSR count). The van der Waals surface area contributed by atoms with Crippen LogP contribution in [-0.2, 0) is 16.6 Å². The van der Waals surface area contributed by atoms with Gasteiger partial charge in [-0.15, -0.1) is 10.2 Å². The van der Waals surface area contributed by atoms with Gasteiger partial charge in [0.25, 0.3) is 5.89 Å². The van der Waals surface area contributed by atoms with Crippen molar-refractivity contribution < 1.29 is 17.2 Å². The van der Waals surface area contributed by atoms with Crippen molar-refractivity contribution in [3.63, 3.8) is 0 Å². The van der Waals surface area contributed by atoms with Crippen LogP contribution in [0.5, 0.6) is 0 Å². The van der Waals surface area contributed by atoms with Gasteiger partial charge >= 0.3 is 0 Å². The SMILES string of the molecule is Cc1[nH]c(-c2nnc(C3CCC3)o2)c(C)c1S(=O)(=O)NCc1ccccc1F. The van der Waals surface area contributed by atoms with Crippen LogP contribution in [0.25, 0.3) is 11.6 Å². The molecule has 0 radical (unpaired) electrons. The Morgan fingerprint density at radius 2 is 2.00 bits per heavy atom. The fourth-order valence-corrected chi connectivity index (χ4v) is 4.84. The van der Waals surface area contributed by atoms with E-state index in [1.807, 2.05) is 0 Å². The molecule has 148 valence electrons. The number of halogens is 1. The molecule has 2 aromatic heterocycles. The molecule has 3 aromatic rings. The molecule has 0 amide bonds. The van der Waals surface area contributed by atoms with Crippen molar-refractivity contribution in [2.45, 2.75) is 50.5 Å². The lowest BCUT2D eigenvalue weighted by atomic mass is 9.85. The van der Waals surface area contributed by atoms with E-state index in [-0.39, 0.29) is 22.9 Å². The van der Waals surface area contributed by atoms with Crippen molar-refractivity contribution in [1.29, 1.82) is 0 Å². The van der Waals surface area contributed by atoms with Crippen LogP contribution in [0.1, 0.15) is 47.9 Å². The average molecular weight is 404 g/mol. The highest BCUT2D eigenvalue weighted by molar-refractivity contribution is 7.89. The van der Waals surface area contributed by atoms with Crippen molar-refractivity contribution in [3.05, 3.63) is 52.8 Å². The molecular formula is C19H21FN4O3S. The topological polar surface area (TPSA) is 101 Å². The molecule has 7 nitrogen and oxygen atoms in total. The average Bonchev–Trinajstić information content (AvgIpc) is 3.17. The van der Waals surface area contributed by atoms with E-state index >= 15 is 0 Å². The Kier molecular flexibility index (Phi) is 4.80. The quantitative estimate of drug-likeness (QED) is 0.654. The highest BCUT2D eigenvalue weighted by atomic mass is 32.2. The third-order valence-electron chi connectivity index (χ3n) is 5.16. The van der Waals surface area contributed by atoms with E-state index in [1.54, 1.807) is 32.0 Å². The van der Waals surface area contributed by atoms with E-state index in [1.165, 1.54) is 6.07 Å². The summed E-state index contributed by atoms with van der Waals surface area (Å²) in [6.45, 7) is 3.21. The molecule has 0 bridgehead atoms. The number of benzene rings is 1. The van der Waals surface area contributed by atoms with Crippen molar-refractivity contribution in [1.82, 2.24) is 19.9 Å². The van der Waals surface area contributed by atoms with Gasteiger partial charge in [-0.3, -0.25) is 0 Å². The summed E-state index contributed by atoms with van der Waals surface area (Å²) in [6.07, 6.45) is 3.22. The van der Waals surface area contributed by atoms with Crippen LogP contribution in [0.15, 0.2) is 33.6 Å². The number of hydrogen-bond donors (Lipinski definition) is 2. The van der Waals surface area contributed by atoms with Gasteiger partial charge in [-0.1, -0.05) is 24.6 Å². The van der Waals surface area contributed by atoms with Crippen LogP contribution < -0.4 is 4.72 Å². The van der Waals surface area contributed by atoms with Crippen LogP contribution in [0.3, 0.4) is 0 Å². The minimum atomic E-state index is -3.86. The predicted molar refractivity (Wildman–Crippen MR) is 101 cm³/mol. The first-order valence-electron chi connectivity index (χ1n) is 9.13. The van der Waals surface area contributed by atoms with Crippen LogP contribution in [0.4, 0.5) is 4.39 Å². The minimum absolute atomic E-state index is 0.113. The molecule has 2 N–H and O–H groups in total. The van der Waals surface area contributed by atoms with Gasteiger partial charge in [0.2, 0.25) is 15.9 Å². The Morgan fingerprint density at radius 1 is 1.25 bits per heavy atom. The summed E-state index contributed by atoms with van der Waals surface area (Å²) in [5.41, 5.74) is 1.71. The minimum Gasteiger partial charge on any atom is -0.419 e. The molecule has 28 heavy (non-hydrogen) atoms. The lowest BCUT2D eigenvalue weighted by molar-refractivity contribution is 0.338. The fourth-order valence-electron chi connectivity index (χ4n) is 3.39. The standard InChI is InChI=1S/C19H21FN4O3S/c1-11-16(19-24-23-18(27-19)13-7-5-8-13)22-12(2)17(11)28(25,26)21-10-14-6-3-4-9-15(14)20/h3-4,6,9,13,21-22H,5,7-8,10H2,1-2H3. The first kappa shape index (κ1) is 18.8. The summed E-state index contributed by atoms with van der Waals surface area (Å²) in [7, 11) is -3.86. The number of aromatic amines is 1. The Balaban J connectivity index is 1.61. The lowest BCUT2D eigenvalue weighted by Gasteiger charge is -2.20. The molecule has 2 heterocycles. The number of rotatable bonds is 6. The van der Waals surface area contributed by atoms with Crippen molar-refractivity contribution in [3.8, 4) is 11.6 Å². The molecule has 1 fully saturated rings. The van der Waals surface area contributed by atoms with Crippen LogP contribution in [-0.4, -0.2) is 23.6 Å². The Morgan fingerprint density at radius 3 is 2.68 bits per heavy atom. The third kappa shape index (κ3) is 3.35. The third-order valence-corrected chi connectivity index (χ3v) is 6.83.